The zero-order chi connectivity index (χ0) is 22.7. The summed E-state index contributed by atoms with van der Waals surface area (Å²) in [6.45, 7) is 8.23. The number of amides is 1. The Kier molecular flexibility index (Phi) is 6.43. The van der Waals surface area contributed by atoms with Crippen LogP contribution in [0.1, 0.15) is 36.9 Å². The molecule has 2 aromatic heterocycles. The predicted molar refractivity (Wildman–Crippen MR) is 117 cm³/mol. The van der Waals surface area contributed by atoms with Crippen LogP contribution in [0.25, 0.3) is 11.1 Å². The van der Waals surface area contributed by atoms with Crippen molar-refractivity contribution in [2.75, 3.05) is 23.4 Å². The number of benzene rings is 1. The van der Waals surface area contributed by atoms with Crippen LogP contribution in [0.3, 0.4) is 0 Å². The lowest BCUT2D eigenvalue weighted by Gasteiger charge is -2.27. The highest BCUT2D eigenvalue weighted by Crippen LogP contribution is 2.22. The quantitative estimate of drug-likeness (QED) is 0.579. The number of aromatic nitrogens is 2. The Balaban J connectivity index is 1.66. The zero-order valence-corrected chi connectivity index (χ0v) is 18.3. The van der Waals surface area contributed by atoms with Crippen LogP contribution >= 0.6 is 0 Å². The number of carbonyl (C=O) groups excluding carboxylic acids is 2. The van der Waals surface area contributed by atoms with E-state index >= 15 is 0 Å². The number of hydrogen-bond donors (Lipinski definition) is 1. The Labute approximate surface area is 179 Å². The van der Waals surface area contributed by atoms with E-state index in [-0.39, 0.29) is 22.4 Å². The number of aryl methyl sites for hydroxylation is 2. The number of hydrogen-bond acceptors (Lipinski definition) is 7. The summed E-state index contributed by atoms with van der Waals surface area (Å²) in [5.41, 5.74) is 1.25. The highest BCUT2D eigenvalue weighted by molar-refractivity contribution is 6.04. The fraction of sp³-hybridized carbons (Fsp3) is 0.364. The molecule has 1 aromatic carbocycles. The molecule has 0 aliphatic rings. The number of ether oxygens (including phenoxy) is 1. The SMILES string of the molecule is CCN(c1ccc(NC(=O)COC(=O)c2c(C)oc3ncn(C)c(=O)c23)cc1)C(C)C. The summed E-state index contributed by atoms with van der Waals surface area (Å²) in [4.78, 5) is 43.4. The molecule has 9 heteroatoms. The van der Waals surface area contributed by atoms with Crippen molar-refractivity contribution < 1.29 is 18.7 Å². The molecule has 0 bridgehead atoms. The molecule has 0 radical (unpaired) electrons. The fourth-order valence-corrected chi connectivity index (χ4v) is 3.42. The average molecular weight is 426 g/mol. The Morgan fingerprint density at radius 3 is 2.55 bits per heavy atom. The minimum atomic E-state index is -0.817. The molecule has 0 aliphatic heterocycles. The van der Waals surface area contributed by atoms with Gasteiger partial charge in [0, 0.05) is 31.0 Å². The van der Waals surface area contributed by atoms with Crippen LogP contribution in [-0.4, -0.2) is 40.6 Å². The summed E-state index contributed by atoms with van der Waals surface area (Å²) in [5, 5.41) is 2.73. The number of fused-ring (bicyclic) bond motifs is 1. The van der Waals surface area contributed by atoms with Crippen LogP contribution in [0.4, 0.5) is 11.4 Å². The second kappa shape index (κ2) is 9.03. The number of rotatable bonds is 7. The normalized spacial score (nSPS) is 11.0. The molecule has 3 rings (SSSR count). The molecule has 0 spiro atoms. The fourth-order valence-electron chi connectivity index (χ4n) is 3.42. The van der Waals surface area contributed by atoms with Crippen LogP contribution in [0.5, 0.6) is 0 Å². The predicted octanol–water partition coefficient (Wildman–Crippen LogP) is 2.87. The van der Waals surface area contributed by atoms with Gasteiger partial charge < -0.3 is 23.9 Å². The van der Waals surface area contributed by atoms with Crippen LogP contribution in [0.15, 0.2) is 39.8 Å². The number of esters is 1. The molecule has 31 heavy (non-hydrogen) atoms. The Morgan fingerprint density at radius 2 is 1.94 bits per heavy atom. The van der Waals surface area contributed by atoms with Gasteiger partial charge in [-0.3, -0.25) is 9.59 Å². The maximum Gasteiger partial charge on any atom is 0.343 e. The van der Waals surface area contributed by atoms with Crippen molar-refractivity contribution in [1.29, 1.82) is 0 Å². The van der Waals surface area contributed by atoms with Crippen LogP contribution in [0, 0.1) is 6.92 Å². The van der Waals surface area contributed by atoms with Gasteiger partial charge in [0.05, 0.1) is 0 Å². The first-order valence-corrected chi connectivity index (χ1v) is 10.0. The molecule has 0 aliphatic carbocycles. The molecule has 9 nitrogen and oxygen atoms in total. The molecule has 164 valence electrons. The van der Waals surface area contributed by atoms with Gasteiger partial charge in [-0.25, -0.2) is 9.78 Å². The van der Waals surface area contributed by atoms with Gasteiger partial charge in [-0.05, 0) is 52.0 Å². The van der Waals surface area contributed by atoms with Crippen molar-refractivity contribution >= 4 is 34.4 Å². The Hall–Kier alpha value is -3.62. The minimum absolute atomic E-state index is 0.0193. The molecular weight excluding hydrogens is 400 g/mol. The third-order valence-electron chi connectivity index (χ3n) is 4.93. The van der Waals surface area contributed by atoms with Crippen LogP contribution in [0.2, 0.25) is 0 Å². The standard InChI is InChI=1S/C22H26N4O5/c1-6-26(13(2)3)16-9-7-15(8-10-16)24-17(27)11-30-22(29)18-14(4)31-20-19(18)21(28)25(5)12-23-20/h7-10,12-13H,6,11H2,1-5H3,(H,24,27). The number of furan rings is 1. The topological polar surface area (TPSA) is 107 Å². The van der Waals surface area contributed by atoms with E-state index in [1.807, 2.05) is 12.1 Å². The number of nitrogens with zero attached hydrogens (tertiary/aromatic N) is 3. The van der Waals surface area contributed by atoms with Crippen LogP contribution in [-0.2, 0) is 16.6 Å². The summed E-state index contributed by atoms with van der Waals surface area (Å²) in [7, 11) is 1.52. The Morgan fingerprint density at radius 1 is 1.26 bits per heavy atom. The van der Waals surface area contributed by atoms with Crippen LogP contribution < -0.4 is 15.8 Å². The average Bonchev–Trinajstić information content (AvgIpc) is 3.07. The second-order valence-electron chi connectivity index (χ2n) is 7.42. The summed E-state index contributed by atoms with van der Waals surface area (Å²) >= 11 is 0. The van der Waals surface area contributed by atoms with Crippen molar-refractivity contribution in [1.82, 2.24) is 9.55 Å². The van der Waals surface area contributed by atoms with Gasteiger partial charge in [0.15, 0.2) is 6.61 Å². The smallest absolute Gasteiger partial charge is 0.343 e. The van der Waals surface area contributed by atoms with Gasteiger partial charge in [-0.2, -0.15) is 0 Å². The maximum atomic E-state index is 12.5. The van der Waals surface area contributed by atoms with Crippen molar-refractivity contribution in [3.63, 3.8) is 0 Å². The summed E-state index contributed by atoms with van der Waals surface area (Å²) in [6, 6.07) is 7.80. The lowest BCUT2D eigenvalue weighted by atomic mass is 10.2. The number of nitrogens with one attached hydrogen (secondary N) is 1. The summed E-state index contributed by atoms with van der Waals surface area (Å²) < 4.78 is 11.7. The monoisotopic (exact) mass is 426 g/mol. The van der Waals surface area contributed by atoms with Gasteiger partial charge >= 0.3 is 5.97 Å². The molecule has 1 amide bonds. The zero-order valence-electron chi connectivity index (χ0n) is 18.3. The minimum Gasteiger partial charge on any atom is -0.452 e. The highest BCUT2D eigenvalue weighted by atomic mass is 16.5. The largest absolute Gasteiger partial charge is 0.452 e. The van der Waals surface area contributed by atoms with Gasteiger partial charge in [-0.15, -0.1) is 0 Å². The second-order valence-corrected chi connectivity index (χ2v) is 7.42. The molecule has 3 aromatic rings. The third kappa shape index (κ3) is 4.60. The number of anilines is 2. The van der Waals surface area contributed by atoms with Crippen molar-refractivity contribution in [3.8, 4) is 0 Å². The lowest BCUT2D eigenvalue weighted by molar-refractivity contribution is -0.119. The van der Waals surface area contributed by atoms with Gasteiger partial charge in [0.1, 0.15) is 23.0 Å². The van der Waals surface area contributed by atoms with E-state index in [4.69, 9.17) is 9.15 Å². The van der Waals surface area contributed by atoms with E-state index in [2.05, 4.69) is 36.0 Å². The van der Waals surface area contributed by atoms with Crippen molar-refractivity contribution in [3.05, 3.63) is 52.3 Å². The van der Waals surface area contributed by atoms with E-state index in [1.165, 1.54) is 24.9 Å². The van der Waals surface area contributed by atoms with E-state index in [0.29, 0.717) is 11.7 Å². The Bertz CT molecular complexity index is 1160. The van der Waals surface area contributed by atoms with E-state index < -0.39 is 24.0 Å². The molecule has 0 atom stereocenters. The van der Waals surface area contributed by atoms with E-state index in [9.17, 15) is 14.4 Å². The molecule has 2 heterocycles. The molecule has 0 fully saturated rings. The molecule has 1 N–H and O–H groups in total. The first kappa shape index (κ1) is 22.1. The maximum absolute atomic E-state index is 12.5. The van der Waals surface area contributed by atoms with Crippen molar-refractivity contribution in [2.24, 2.45) is 7.05 Å². The highest BCUT2D eigenvalue weighted by Gasteiger charge is 2.24. The lowest BCUT2D eigenvalue weighted by Crippen LogP contribution is -2.30. The summed E-state index contributed by atoms with van der Waals surface area (Å²) in [5.74, 6) is -1.10. The molecule has 0 unspecified atom stereocenters. The molecular formula is C22H26N4O5. The molecule has 0 saturated heterocycles. The van der Waals surface area contributed by atoms with Gasteiger partial charge in [0.2, 0.25) is 5.71 Å². The molecule has 0 saturated carbocycles. The van der Waals surface area contributed by atoms with E-state index in [0.717, 1.165) is 12.2 Å². The first-order valence-electron chi connectivity index (χ1n) is 10.0. The van der Waals surface area contributed by atoms with Gasteiger partial charge in [-0.1, -0.05) is 0 Å². The number of carbonyl (C=O) groups is 2. The van der Waals surface area contributed by atoms with E-state index in [1.54, 1.807) is 12.1 Å². The van der Waals surface area contributed by atoms with Crippen molar-refractivity contribution in [2.45, 2.75) is 33.7 Å². The third-order valence-corrected chi connectivity index (χ3v) is 4.93. The van der Waals surface area contributed by atoms with Gasteiger partial charge in [0.25, 0.3) is 11.5 Å². The first-order chi connectivity index (χ1) is 14.7. The summed E-state index contributed by atoms with van der Waals surface area (Å²) in [6.07, 6.45) is 1.31.